The van der Waals surface area contributed by atoms with Gasteiger partial charge in [0.2, 0.25) is 15.9 Å². The van der Waals surface area contributed by atoms with Gasteiger partial charge in [-0.3, -0.25) is 4.79 Å². The summed E-state index contributed by atoms with van der Waals surface area (Å²) >= 11 is 5.99. The number of benzene rings is 1. The summed E-state index contributed by atoms with van der Waals surface area (Å²) in [5, 5.41) is 7.02. The molecule has 1 N–H and O–H groups in total. The van der Waals surface area contributed by atoms with Crippen LogP contribution in [-0.2, 0) is 14.8 Å². The third kappa shape index (κ3) is 3.36. The fourth-order valence-electron chi connectivity index (χ4n) is 3.19. The van der Waals surface area contributed by atoms with Crippen LogP contribution in [0.5, 0.6) is 0 Å². The molecule has 2 aromatic rings. The molecule has 1 fully saturated rings. The molecule has 2 heterocycles. The average Bonchev–Trinajstić information content (AvgIpc) is 3.18. The Labute approximate surface area is 157 Å². The Morgan fingerprint density at radius 1 is 1.35 bits per heavy atom. The van der Waals surface area contributed by atoms with E-state index in [1.807, 2.05) is 6.92 Å². The number of anilines is 1. The summed E-state index contributed by atoms with van der Waals surface area (Å²) in [6.07, 6.45) is 1.06. The minimum absolute atomic E-state index is 0.0381. The zero-order valence-corrected chi connectivity index (χ0v) is 16.3. The van der Waals surface area contributed by atoms with E-state index in [9.17, 15) is 13.2 Å². The number of carbonyl (C=O) groups excluding carboxylic acids is 1. The molecule has 0 radical (unpaired) electrons. The number of aromatic nitrogens is 1. The normalized spacial score (nSPS) is 18.2. The van der Waals surface area contributed by atoms with E-state index in [0.29, 0.717) is 29.2 Å². The molecule has 3 rings (SSSR count). The first-order valence-electron chi connectivity index (χ1n) is 8.23. The number of halogens is 1. The van der Waals surface area contributed by atoms with Gasteiger partial charge in [0.15, 0.2) is 5.76 Å². The van der Waals surface area contributed by atoms with Gasteiger partial charge in [0.05, 0.1) is 0 Å². The van der Waals surface area contributed by atoms with Gasteiger partial charge in [-0.05, 0) is 51.3 Å². The van der Waals surface area contributed by atoms with Crippen molar-refractivity contribution in [1.82, 2.24) is 9.46 Å². The van der Waals surface area contributed by atoms with E-state index in [0.717, 1.165) is 5.56 Å². The number of rotatable bonds is 4. The number of hydrogen-bond acceptors (Lipinski definition) is 5. The Hall–Kier alpha value is -1.90. The minimum atomic E-state index is -3.87. The molecule has 140 valence electrons. The highest BCUT2D eigenvalue weighted by Gasteiger charge is 2.41. The van der Waals surface area contributed by atoms with Gasteiger partial charge in [-0.2, -0.15) is 4.31 Å². The van der Waals surface area contributed by atoms with Crippen LogP contribution in [0.1, 0.15) is 29.9 Å². The fourth-order valence-corrected chi connectivity index (χ4v) is 5.32. The predicted octanol–water partition coefficient (Wildman–Crippen LogP) is 3.05. The maximum absolute atomic E-state index is 13.1. The lowest BCUT2D eigenvalue weighted by atomic mass is 10.1. The summed E-state index contributed by atoms with van der Waals surface area (Å²) in [6, 6.07) is 4.39. The Balaban J connectivity index is 1.88. The van der Waals surface area contributed by atoms with E-state index < -0.39 is 16.1 Å². The van der Waals surface area contributed by atoms with Crippen molar-refractivity contribution in [1.29, 1.82) is 0 Å². The second-order valence-electron chi connectivity index (χ2n) is 6.38. The van der Waals surface area contributed by atoms with Gasteiger partial charge in [-0.1, -0.05) is 22.8 Å². The van der Waals surface area contributed by atoms with Crippen LogP contribution in [0.15, 0.2) is 27.6 Å². The van der Waals surface area contributed by atoms with E-state index in [4.69, 9.17) is 16.1 Å². The summed E-state index contributed by atoms with van der Waals surface area (Å²) in [5.41, 5.74) is 1.71. The first kappa shape index (κ1) is 18.9. The molecule has 9 heteroatoms. The van der Waals surface area contributed by atoms with Gasteiger partial charge in [0.25, 0.3) is 0 Å². The molecular formula is C17H20ClN3O4S. The van der Waals surface area contributed by atoms with Crippen molar-refractivity contribution in [3.8, 4) is 0 Å². The second-order valence-corrected chi connectivity index (χ2v) is 8.64. The van der Waals surface area contributed by atoms with Crippen molar-refractivity contribution in [3.63, 3.8) is 0 Å². The SMILES string of the molecule is Cc1ccc(Cl)cc1NC(=O)[C@@H]1CCCN1S(=O)(=O)c1c(C)noc1C. The van der Waals surface area contributed by atoms with Crippen LogP contribution in [0.4, 0.5) is 5.69 Å². The summed E-state index contributed by atoms with van der Waals surface area (Å²) in [5.74, 6) is -0.151. The standard InChI is InChI=1S/C17H20ClN3O4S/c1-10-6-7-13(18)9-14(10)19-17(22)15-5-4-8-21(15)26(23,24)16-11(2)20-25-12(16)3/h6-7,9,15H,4-5,8H2,1-3H3,(H,19,22)/t15-/m0/s1. The number of nitrogens with zero attached hydrogens (tertiary/aromatic N) is 2. The largest absolute Gasteiger partial charge is 0.360 e. The maximum atomic E-state index is 13.1. The topological polar surface area (TPSA) is 92.5 Å². The molecule has 1 aromatic heterocycles. The summed E-state index contributed by atoms with van der Waals surface area (Å²) < 4.78 is 32.3. The number of aryl methyl sites for hydroxylation is 3. The van der Waals surface area contributed by atoms with E-state index >= 15 is 0 Å². The first-order valence-corrected chi connectivity index (χ1v) is 10.1. The molecule has 1 atom stereocenters. The average molecular weight is 398 g/mol. The van der Waals surface area contributed by atoms with Gasteiger partial charge in [-0.15, -0.1) is 0 Å². The summed E-state index contributed by atoms with van der Waals surface area (Å²) in [4.78, 5) is 12.8. The van der Waals surface area contributed by atoms with Crippen molar-refractivity contribution < 1.29 is 17.7 Å². The lowest BCUT2D eigenvalue weighted by molar-refractivity contribution is -0.119. The lowest BCUT2D eigenvalue weighted by Gasteiger charge is -2.23. The summed E-state index contributed by atoms with van der Waals surface area (Å²) in [6.45, 7) is 5.25. The molecule has 0 saturated carbocycles. The zero-order valence-electron chi connectivity index (χ0n) is 14.7. The highest BCUT2D eigenvalue weighted by atomic mass is 35.5. The molecule has 26 heavy (non-hydrogen) atoms. The number of nitrogens with one attached hydrogen (secondary N) is 1. The molecular weight excluding hydrogens is 378 g/mol. The van der Waals surface area contributed by atoms with Crippen molar-refractivity contribution in [3.05, 3.63) is 40.2 Å². The van der Waals surface area contributed by atoms with Crippen molar-refractivity contribution in [2.75, 3.05) is 11.9 Å². The molecule has 0 bridgehead atoms. The van der Waals surface area contributed by atoms with Crippen LogP contribution >= 0.6 is 11.6 Å². The number of sulfonamides is 1. The van der Waals surface area contributed by atoms with Crippen molar-refractivity contribution in [2.45, 2.75) is 44.6 Å². The van der Waals surface area contributed by atoms with Crippen LogP contribution in [0.25, 0.3) is 0 Å². The van der Waals surface area contributed by atoms with Crippen LogP contribution in [-0.4, -0.2) is 36.4 Å². The van der Waals surface area contributed by atoms with Gasteiger partial charge in [0, 0.05) is 17.3 Å². The Morgan fingerprint density at radius 2 is 2.08 bits per heavy atom. The Bertz CT molecular complexity index is 935. The van der Waals surface area contributed by atoms with Gasteiger partial charge >= 0.3 is 0 Å². The third-order valence-electron chi connectivity index (χ3n) is 4.50. The smallest absolute Gasteiger partial charge is 0.249 e. The molecule has 1 saturated heterocycles. The Kier molecular flexibility index (Phi) is 5.09. The molecule has 1 aliphatic heterocycles. The fraction of sp³-hybridized carbons (Fsp3) is 0.412. The van der Waals surface area contributed by atoms with Crippen LogP contribution in [0, 0.1) is 20.8 Å². The third-order valence-corrected chi connectivity index (χ3v) is 6.89. The first-order chi connectivity index (χ1) is 12.2. The molecule has 1 amide bonds. The van der Waals surface area contributed by atoms with Gasteiger partial charge in [0.1, 0.15) is 16.6 Å². The van der Waals surface area contributed by atoms with Gasteiger partial charge in [-0.25, -0.2) is 8.42 Å². The molecule has 0 unspecified atom stereocenters. The van der Waals surface area contributed by atoms with E-state index in [1.54, 1.807) is 32.0 Å². The van der Waals surface area contributed by atoms with Crippen LogP contribution in [0.2, 0.25) is 5.02 Å². The number of carbonyl (C=O) groups is 1. The van der Waals surface area contributed by atoms with Gasteiger partial charge < -0.3 is 9.84 Å². The molecule has 0 spiro atoms. The maximum Gasteiger partial charge on any atom is 0.249 e. The number of hydrogen-bond donors (Lipinski definition) is 1. The molecule has 0 aliphatic carbocycles. The molecule has 7 nitrogen and oxygen atoms in total. The van der Waals surface area contributed by atoms with E-state index in [2.05, 4.69) is 10.5 Å². The number of amides is 1. The minimum Gasteiger partial charge on any atom is -0.360 e. The van der Waals surface area contributed by atoms with E-state index in [1.165, 1.54) is 4.31 Å². The quantitative estimate of drug-likeness (QED) is 0.855. The monoisotopic (exact) mass is 397 g/mol. The highest BCUT2D eigenvalue weighted by molar-refractivity contribution is 7.89. The van der Waals surface area contributed by atoms with Crippen molar-refractivity contribution in [2.24, 2.45) is 0 Å². The zero-order chi connectivity index (χ0) is 19.1. The van der Waals surface area contributed by atoms with Crippen LogP contribution < -0.4 is 5.32 Å². The second kappa shape index (κ2) is 7.02. The van der Waals surface area contributed by atoms with Crippen molar-refractivity contribution >= 4 is 33.2 Å². The lowest BCUT2D eigenvalue weighted by Crippen LogP contribution is -2.43. The molecule has 1 aromatic carbocycles. The Morgan fingerprint density at radius 3 is 2.73 bits per heavy atom. The van der Waals surface area contributed by atoms with Crippen LogP contribution in [0.3, 0.4) is 0 Å². The van der Waals surface area contributed by atoms with E-state index in [-0.39, 0.29) is 23.1 Å². The predicted molar refractivity (Wildman–Crippen MR) is 97.7 cm³/mol. The molecule has 1 aliphatic rings. The highest BCUT2D eigenvalue weighted by Crippen LogP contribution is 2.30. The summed E-state index contributed by atoms with van der Waals surface area (Å²) in [7, 11) is -3.87.